The van der Waals surface area contributed by atoms with Crippen molar-refractivity contribution in [2.45, 2.75) is 38.9 Å². The highest BCUT2D eigenvalue weighted by Crippen LogP contribution is 2.33. The summed E-state index contributed by atoms with van der Waals surface area (Å²) in [6, 6.07) is 34.2. The van der Waals surface area contributed by atoms with Gasteiger partial charge in [-0.2, -0.15) is 0 Å². The number of nitrogens with one attached hydrogen (secondary N) is 1. The summed E-state index contributed by atoms with van der Waals surface area (Å²) in [4.78, 5) is 25.6. The summed E-state index contributed by atoms with van der Waals surface area (Å²) < 4.78 is 1.96. The van der Waals surface area contributed by atoms with Crippen LogP contribution in [0.15, 0.2) is 107 Å². The summed E-state index contributed by atoms with van der Waals surface area (Å²) in [6.07, 6.45) is 1.95. The summed E-state index contributed by atoms with van der Waals surface area (Å²) in [5.41, 5.74) is 9.06. The quantitative estimate of drug-likeness (QED) is 0.281. The van der Waals surface area contributed by atoms with Gasteiger partial charge < -0.3 is 9.88 Å². The molecule has 1 N–H and O–H groups in total. The molecule has 2 aliphatic heterocycles. The lowest BCUT2D eigenvalue weighted by atomic mass is 10.0. The van der Waals surface area contributed by atoms with Crippen LogP contribution in [0.1, 0.15) is 41.1 Å². The average molecular weight is 528 g/mol. The molecule has 0 spiro atoms. The van der Waals surface area contributed by atoms with Crippen LogP contribution in [0.2, 0.25) is 0 Å². The number of aryl methyl sites for hydroxylation is 1. The number of amidine groups is 1. The minimum atomic E-state index is 0.00384. The first-order chi connectivity index (χ1) is 19.6. The molecule has 1 saturated heterocycles. The zero-order valence-corrected chi connectivity index (χ0v) is 22.8. The van der Waals surface area contributed by atoms with Gasteiger partial charge in [0.15, 0.2) is 0 Å². The Bertz CT molecular complexity index is 1740. The highest BCUT2D eigenvalue weighted by atomic mass is 16.1. The molecule has 3 heterocycles. The Balaban J connectivity index is 1.07. The van der Waals surface area contributed by atoms with Crippen molar-refractivity contribution in [3.8, 4) is 0 Å². The Hall–Kier alpha value is -4.42. The molecule has 1 aromatic heterocycles. The van der Waals surface area contributed by atoms with Crippen LogP contribution in [-0.2, 0) is 13.1 Å². The Kier molecular flexibility index (Phi) is 6.33. The first-order valence-corrected chi connectivity index (χ1v) is 14.1. The molecule has 0 aliphatic carbocycles. The second-order valence-corrected chi connectivity index (χ2v) is 11.0. The monoisotopic (exact) mass is 527 g/mol. The molecule has 1 fully saturated rings. The van der Waals surface area contributed by atoms with Gasteiger partial charge in [0, 0.05) is 36.9 Å². The van der Waals surface area contributed by atoms with Gasteiger partial charge in [-0.1, -0.05) is 72.3 Å². The Morgan fingerprint density at radius 1 is 0.875 bits per heavy atom. The summed E-state index contributed by atoms with van der Waals surface area (Å²) in [7, 11) is 0. The molecule has 0 unspecified atom stereocenters. The number of anilines is 1. The van der Waals surface area contributed by atoms with Crippen LogP contribution in [0.3, 0.4) is 0 Å². The van der Waals surface area contributed by atoms with Gasteiger partial charge in [0.25, 0.3) is 0 Å². The van der Waals surface area contributed by atoms with Crippen molar-refractivity contribution in [1.82, 2.24) is 14.5 Å². The van der Waals surface area contributed by atoms with Gasteiger partial charge in [-0.05, 0) is 61.2 Å². The summed E-state index contributed by atoms with van der Waals surface area (Å²) >= 11 is 0. The lowest BCUT2D eigenvalue weighted by molar-refractivity contribution is 0.180. The number of H-pyrrole nitrogens is 1. The summed E-state index contributed by atoms with van der Waals surface area (Å²) in [5, 5.41) is 0. The van der Waals surface area contributed by atoms with Gasteiger partial charge in [-0.3, -0.25) is 9.47 Å². The van der Waals surface area contributed by atoms with Crippen molar-refractivity contribution in [3.63, 3.8) is 0 Å². The van der Waals surface area contributed by atoms with Crippen molar-refractivity contribution in [2.24, 2.45) is 4.99 Å². The number of benzene rings is 4. The number of imidazole rings is 1. The van der Waals surface area contributed by atoms with Gasteiger partial charge in [0.05, 0.1) is 23.3 Å². The van der Waals surface area contributed by atoms with Gasteiger partial charge in [0.1, 0.15) is 5.84 Å². The van der Waals surface area contributed by atoms with E-state index in [2.05, 4.69) is 88.4 Å². The summed E-state index contributed by atoms with van der Waals surface area (Å²) in [6.45, 7) is 5.80. The van der Waals surface area contributed by atoms with Gasteiger partial charge in [-0.25, -0.2) is 9.79 Å². The molecule has 0 radical (unpaired) electrons. The number of rotatable bonds is 5. The van der Waals surface area contributed by atoms with Crippen LogP contribution in [-0.4, -0.2) is 33.4 Å². The molecule has 6 nitrogen and oxygen atoms in total. The third-order valence-electron chi connectivity index (χ3n) is 8.28. The minimum Gasteiger partial charge on any atom is -0.321 e. The van der Waals surface area contributed by atoms with Crippen molar-refractivity contribution in [2.75, 3.05) is 18.0 Å². The molecule has 5 aromatic rings. The molecular weight excluding hydrogens is 494 g/mol. The third-order valence-corrected chi connectivity index (χ3v) is 8.28. The molecular formula is C34H33N5O. The molecule has 6 heteroatoms. The fourth-order valence-corrected chi connectivity index (χ4v) is 6.20. The van der Waals surface area contributed by atoms with Crippen molar-refractivity contribution in [1.29, 1.82) is 0 Å². The average Bonchev–Trinajstić information content (AvgIpc) is 3.33. The maximum Gasteiger partial charge on any atom is 0.326 e. The van der Waals surface area contributed by atoms with E-state index in [1.165, 1.54) is 16.7 Å². The maximum atomic E-state index is 12.7. The number of hydrogen-bond donors (Lipinski definition) is 1. The van der Waals surface area contributed by atoms with E-state index in [0.29, 0.717) is 0 Å². The van der Waals surface area contributed by atoms with E-state index in [4.69, 9.17) is 4.99 Å². The lowest BCUT2D eigenvalue weighted by Crippen LogP contribution is -2.36. The largest absolute Gasteiger partial charge is 0.326 e. The molecule has 0 atom stereocenters. The fraction of sp³-hybridized carbons (Fsp3) is 0.235. The van der Waals surface area contributed by atoms with Crippen LogP contribution in [0, 0.1) is 6.92 Å². The van der Waals surface area contributed by atoms with Gasteiger partial charge in [0.2, 0.25) is 0 Å². The molecule has 0 amide bonds. The normalized spacial score (nSPS) is 16.2. The number of likely N-dealkylation sites (tertiary alicyclic amines) is 1. The highest BCUT2D eigenvalue weighted by molar-refractivity contribution is 6.12. The smallest absolute Gasteiger partial charge is 0.321 e. The van der Waals surface area contributed by atoms with E-state index in [1.807, 2.05) is 34.9 Å². The third kappa shape index (κ3) is 4.65. The van der Waals surface area contributed by atoms with Crippen LogP contribution in [0.25, 0.3) is 11.0 Å². The van der Waals surface area contributed by atoms with Crippen molar-refractivity contribution in [3.05, 3.63) is 130 Å². The van der Waals surface area contributed by atoms with E-state index in [9.17, 15) is 4.79 Å². The number of aromatic nitrogens is 2. The van der Waals surface area contributed by atoms with E-state index in [-0.39, 0.29) is 11.7 Å². The molecule has 200 valence electrons. The number of fused-ring (bicyclic) bond motifs is 2. The van der Waals surface area contributed by atoms with Gasteiger partial charge in [-0.15, -0.1) is 0 Å². The van der Waals surface area contributed by atoms with E-state index < -0.39 is 0 Å². The topological polar surface area (TPSA) is 56.6 Å². The van der Waals surface area contributed by atoms with E-state index >= 15 is 0 Å². The number of hydrogen-bond acceptors (Lipinski definition) is 4. The second kappa shape index (κ2) is 10.3. The highest BCUT2D eigenvalue weighted by Gasteiger charge is 2.25. The predicted molar refractivity (Wildman–Crippen MR) is 163 cm³/mol. The molecule has 40 heavy (non-hydrogen) atoms. The summed E-state index contributed by atoms with van der Waals surface area (Å²) in [5.74, 6) is 0.985. The molecule has 7 rings (SSSR count). The molecule has 4 aromatic carbocycles. The van der Waals surface area contributed by atoms with Gasteiger partial charge >= 0.3 is 5.69 Å². The van der Waals surface area contributed by atoms with Crippen molar-refractivity contribution >= 4 is 28.2 Å². The SMILES string of the molecule is Cc1ccc2c(c1)CN(c1ccc(CN3CCC(n4c(=O)[nH]c5ccccc54)CC3)cc1)C(c1ccccc1)=N2. The molecule has 0 bridgehead atoms. The van der Waals surface area contributed by atoms with Crippen LogP contribution >= 0.6 is 0 Å². The Morgan fingerprint density at radius 2 is 1.62 bits per heavy atom. The first kappa shape index (κ1) is 24.6. The van der Waals surface area contributed by atoms with E-state index in [1.54, 1.807) is 0 Å². The molecule has 0 saturated carbocycles. The number of aromatic amines is 1. The van der Waals surface area contributed by atoms with Crippen molar-refractivity contribution < 1.29 is 0 Å². The standard InChI is InChI=1S/C34H33N5O/c1-24-11-16-30-27(21-24)23-38(33(35-30)26-7-3-2-4-8-26)28-14-12-25(13-15-28)22-37-19-17-29(18-20-37)39-32-10-6-5-9-31(32)36-34(39)40/h2-16,21,29H,17-20,22-23H2,1H3,(H,36,40). The first-order valence-electron chi connectivity index (χ1n) is 14.1. The second-order valence-electron chi connectivity index (χ2n) is 11.0. The lowest BCUT2D eigenvalue weighted by Gasteiger charge is -2.33. The fourth-order valence-electron chi connectivity index (χ4n) is 6.20. The predicted octanol–water partition coefficient (Wildman–Crippen LogP) is 6.57. The van der Waals surface area contributed by atoms with Crippen LogP contribution < -0.4 is 10.6 Å². The number of nitrogens with zero attached hydrogens (tertiary/aromatic N) is 4. The van der Waals surface area contributed by atoms with Crippen LogP contribution in [0.4, 0.5) is 11.4 Å². The Labute approximate surface area is 234 Å². The maximum absolute atomic E-state index is 12.7. The number of para-hydroxylation sites is 2. The Morgan fingerprint density at radius 3 is 2.42 bits per heavy atom. The van der Waals surface area contributed by atoms with Crippen LogP contribution in [0.5, 0.6) is 0 Å². The zero-order valence-electron chi connectivity index (χ0n) is 22.8. The number of piperidine rings is 1. The zero-order chi connectivity index (χ0) is 27.1. The number of aliphatic imine (C=N–C) groups is 1. The van der Waals surface area contributed by atoms with E-state index in [0.717, 1.165) is 72.8 Å². The minimum absolute atomic E-state index is 0.00384. The molecule has 2 aliphatic rings.